The molecule has 1 spiro atoms. The first-order valence-corrected chi connectivity index (χ1v) is 33.7. The van der Waals surface area contributed by atoms with E-state index in [2.05, 4.69) is 306 Å². The van der Waals surface area contributed by atoms with Gasteiger partial charge in [0.25, 0.3) is 6.71 Å². The SMILES string of the molecule is [2H]c1c([2H])c([2H])c2c(c1[2H])c1c([2H])c([2H])c([2H])c([2H])c1n2-c1cc2c3c(c1)N(c1c(-c4ccccc4)cccc1-c1ccccc1)c1ccc(C(C)(C)C)cc1B3c1ccc(-c3cccc4c3C3(c5ccccc5-c5ccccc53)c3ccccc3-4)cc1N2c1ccc(C(C)(C)C)cc1-c1ccccc1. The highest BCUT2D eigenvalue weighted by molar-refractivity contribution is 7.00. The van der Waals surface area contributed by atoms with Gasteiger partial charge < -0.3 is 14.4 Å². The van der Waals surface area contributed by atoms with Crippen molar-refractivity contribution in [3.63, 3.8) is 0 Å². The monoisotopic (exact) mass is 1250 g/mol. The molecule has 19 rings (SSSR count). The highest BCUT2D eigenvalue weighted by Crippen LogP contribution is 2.65. The lowest BCUT2D eigenvalue weighted by Crippen LogP contribution is -2.61. The van der Waals surface area contributed by atoms with Crippen molar-refractivity contribution in [2.45, 2.75) is 57.8 Å². The Morgan fingerprint density at radius 1 is 0.330 bits per heavy atom. The van der Waals surface area contributed by atoms with Gasteiger partial charge in [-0.25, -0.2) is 0 Å². The molecule has 15 aromatic rings. The van der Waals surface area contributed by atoms with E-state index >= 15 is 0 Å². The zero-order valence-electron chi connectivity index (χ0n) is 62.8. The van der Waals surface area contributed by atoms with Gasteiger partial charge in [0.05, 0.1) is 44.5 Å². The third kappa shape index (κ3) is 8.36. The molecule has 2 aliphatic heterocycles. The number of rotatable bonds is 7. The van der Waals surface area contributed by atoms with E-state index < -0.39 is 48.4 Å². The summed E-state index contributed by atoms with van der Waals surface area (Å²) < 4.78 is 78.7. The molecule has 2 aliphatic carbocycles. The molecule has 4 heteroatoms. The summed E-state index contributed by atoms with van der Waals surface area (Å²) >= 11 is 0. The fourth-order valence-electron chi connectivity index (χ4n) is 16.9. The number of hydrogen-bond acceptors (Lipinski definition) is 2. The predicted octanol–water partition coefficient (Wildman–Crippen LogP) is 22.5. The summed E-state index contributed by atoms with van der Waals surface area (Å²) in [4.78, 5) is 4.86. The average molecular weight is 1250 g/mol. The fraction of sp³-hybridized carbons (Fsp3) is 0.0968. The molecule has 3 heterocycles. The summed E-state index contributed by atoms with van der Waals surface area (Å²) in [5.41, 5.74) is 27.6. The third-order valence-corrected chi connectivity index (χ3v) is 21.2. The molecular weight excluding hydrogens is 1170 g/mol. The van der Waals surface area contributed by atoms with Gasteiger partial charge >= 0.3 is 0 Å². The second kappa shape index (κ2) is 21.3. The molecule has 3 nitrogen and oxygen atoms in total. The first-order chi connectivity index (χ1) is 50.7. The molecule has 0 atom stereocenters. The Morgan fingerprint density at radius 2 is 0.784 bits per heavy atom. The second-order valence-electron chi connectivity index (χ2n) is 28.5. The maximum absolute atomic E-state index is 10.1. The quantitative estimate of drug-likeness (QED) is 0.147. The number of nitrogens with zero attached hydrogens (tertiary/aromatic N) is 3. The number of aromatic nitrogens is 1. The van der Waals surface area contributed by atoms with Crippen molar-refractivity contribution in [2.24, 2.45) is 0 Å². The Labute approximate surface area is 580 Å². The number of para-hydroxylation sites is 3. The Kier molecular flexibility index (Phi) is 10.8. The van der Waals surface area contributed by atoms with Gasteiger partial charge in [-0.1, -0.05) is 308 Å². The minimum absolute atomic E-state index is 0.00346. The van der Waals surface area contributed by atoms with Crippen LogP contribution >= 0.6 is 0 Å². The van der Waals surface area contributed by atoms with E-state index in [1.54, 1.807) is 4.57 Å². The van der Waals surface area contributed by atoms with Gasteiger partial charge in [-0.2, -0.15) is 0 Å². The van der Waals surface area contributed by atoms with Crippen LogP contribution in [0.2, 0.25) is 0 Å². The molecule has 0 saturated carbocycles. The number of fused-ring (bicyclic) bond motifs is 17. The zero-order valence-corrected chi connectivity index (χ0v) is 54.8. The van der Waals surface area contributed by atoms with Crippen molar-refractivity contribution in [1.29, 1.82) is 0 Å². The molecule has 0 saturated heterocycles. The average Bonchev–Trinajstić information content (AvgIpc) is 1.43. The van der Waals surface area contributed by atoms with E-state index in [9.17, 15) is 11.0 Å². The van der Waals surface area contributed by atoms with E-state index in [-0.39, 0.29) is 44.7 Å². The molecule has 460 valence electrons. The van der Waals surface area contributed by atoms with Crippen molar-refractivity contribution < 1.29 is 11.0 Å². The highest BCUT2D eigenvalue weighted by Gasteiger charge is 2.53. The third-order valence-electron chi connectivity index (χ3n) is 21.2. The largest absolute Gasteiger partial charge is 0.311 e. The van der Waals surface area contributed by atoms with Crippen LogP contribution in [0.1, 0.15) is 85.9 Å². The smallest absolute Gasteiger partial charge is 0.252 e. The standard InChI is InChI=1S/C93H70BN3/c1-91(2,3)63-49-52-83(75(55-63)61-32-14-9-15-33-61)96-85-54-62(66-39-26-42-74-71-36-18-23-45-78(71)93(88(66)74)76-43-21-16-34-69(76)70-35-17-22-44-77(70)93)48-51-79(85)94-80-56-64(92(4,5)6)50-53-84(80)97(90-67(59-28-10-7-11-29-59)40-27-41-68(90)60-30-12-8-13-31-60)87-58-65(57-86(96)89(87)94)95-81-46-24-19-37-72(81)73-38-20-25-47-82(73)95/h7-58H,1-6H3/i19D,20D,24D,25D,37D,38D,46D,47D. The van der Waals surface area contributed by atoms with Crippen LogP contribution in [0.3, 0.4) is 0 Å². The topological polar surface area (TPSA) is 11.4 Å². The van der Waals surface area contributed by atoms with Crippen molar-refractivity contribution in [3.05, 3.63) is 349 Å². The van der Waals surface area contributed by atoms with E-state index in [1.165, 1.54) is 44.5 Å². The summed E-state index contributed by atoms with van der Waals surface area (Å²) in [5, 5.41) is 0.00693. The van der Waals surface area contributed by atoms with E-state index in [1.807, 2.05) is 12.1 Å². The molecule has 0 bridgehead atoms. The van der Waals surface area contributed by atoms with Gasteiger partial charge in [-0.05, 0) is 159 Å². The van der Waals surface area contributed by atoms with Crippen molar-refractivity contribution in [2.75, 3.05) is 9.80 Å². The minimum atomic E-state index is -0.679. The van der Waals surface area contributed by atoms with E-state index in [4.69, 9.17) is 0 Å². The molecule has 97 heavy (non-hydrogen) atoms. The van der Waals surface area contributed by atoms with Gasteiger partial charge in [0, 0.05) is 50.2 Å². The summed E-state index contributed by atoms with van der Waals surface area (Å²) in [6.07, 6.45) is 0. The first kappa shape index (κ1) is 49.1. The number of benzene rings is 14. The molecule has 4 aliphatic rings. The van der Waals surface area contributed by atoms with E-state index in [0.29, 0.717) is 5.69 Å². The minimum Gasteiger partial charge on any atom is -0.311 e. The Morgan fingerprint density at radius 3 is 1.34 bits per heavy atom. The molecule has 0 unspecified atom stereocenters. The lowest BCUT2D eigenvalue weighted by atomic mass is 9.33. The maximum Gasteiger partial charge on any atom is 0.252 e. The van der Waals surface area contributed by atoms with Gasteiger partial charge in [-0.3, -0.25) is 0 Å². The summed E-state index contributed by atoms with van der Waals surface area (Å²) in [7, 11) is 0. The van der Waals surface area contributed by atoms with Gasteiger partial charge in [0.1, 0.15) is 0 Å². The molecular formula is C93H70BN3. The lowest BCUT2D eigenvalue weighted by Gasteiger charge is -2.46. The number of hydrogen-bond donors (Lipinski definition) is 0. The lowest BCUT2D eigenvalue weighted by molar-refractivity contribution is 0.590. The summed E-state index contributed by atoms with van der Waals surface area (Å²) in [6, 6.07) is 93.5. The van der Waals surface area contributed by atoms with Gasteiger partial charge in [0.15, 0.2) is 0 Å². The van der Waals surface area contributed by atoms with Crippen molar-refractivity contribution in [1.82, 2.24) is 4.57 Å². The molecule has 0 radical (unpaired) electrons. The van der Waals surface area contributed by atoms with Crippen LogP contribution < -0.4 is 26.2 Å². The van der Waals surface area contributed by atoms with Crippen LogP contribution in [0.4, 0.5) is 34.1 Å². The maximum atomic E-state index is 10.1. The van der Waals surface area contributed by atoms with Crippen LogP contribution in [0.25, 0.3) is 94.3 Å². The van der Waals surface area contributed by atoms with Crippen LogP contribution in [0.15, 0.2) is 315 Å². The van der Waals surface area contributed by atoms with E-state index in [0.717, 1.165) is 106 Å². The Bertz CT molecular complexity index is 6050. The normalized spacial score (nSPS) is 14.8. The second-order valence-corrected chi connectivity index (χ2v) is 28.5. The predicted molar refractivity (Wildman–Crippen MR) is 410 cm³/mol. The molecule has 0 fully saturated rings. The van der Waals surface area contributed by atoms with Gasteiger partial charge in [-0.15, -0.1) is 0 Å². The van der Waals surface area contributed by atoms with Crippen molar-refractivity contribution in [3.8, 4) is 72.4 Å². The molecule has 1 aromatic heterocycles. The fourth-order valence-corrected chi connectivity index (χ4v) is 16.9. The van der Waals surface area contributed by atoms with Crippen LogP contribution in [0, 0.1) is 0 Å². The molecule has 0 amide bonds. The summed E-state index contributed by atoms with van der Waals surface area (Å²) in [6.45, 7) is 13.1. The molecule has 14 aromatic carbocycles. The summed E-state index contributed by atoms with van der Waals surface area (Å²) in [5.74, 6) is 0. The van der Waals surface area contributed by atoms with Crippen LogP contribution in [-0.4, -0.2) is 11.3 Å². The van der Waals surface area contributed by atoms with Crippen LogP contribution in [0.5, 0.6) is 0 Å². The van der Waals surface area contributed by atoms with Gasteiger partial charge in [0.2, 0.25) is 0 Å². The molecule has 0 N–H and O–H groups in total. The van der Waals surface area contributed by atoms with Crippen LogP contribution in [-0.2, 0) is 16.2 Å². The Hall–Kier alpha value is -11.5. The first-order valence-electron chi connectivity index (χ1n) is 37.7. The van der Waals surface area contributed by atoms with Crippen molar-refractivity contribution >= 4 is 79.0 Å². The highest BCUT2D eigenvalue weighted by atomic mass is 15.2. The zero-order chi connectivity index (χ0) is 72.0. The number of anilines is 6. The Balaban J connectivity index is 1.01.